The molecule has 2 N–H and O–H groups in total. The van der Waals surface area contributed by atoms with Gasteiger partial charge in [-0.3, -0.25) is 9.59 Å². The Bertz CT molecular complexity index is 985. The first-order valence-corrected chi connectivity index (χ1v) is 11.0. The van der Waals surface area contributed by atoms with Crippen molar-refractivity contribution < 1.29 is 14.0 Å². The van der Waals surface area contributed by atoms with Gasteiger partial charge in [-0.05, 0) is 42.3 Å². The van der Waals surface area contributed by atoms with Gasteiger partial charge in [0.15, 0.2) is 5.76 Å². The van der Waals surface area contributed by atoms with Crippen LogP contribution in [0.2, 0.25) is 0 Å². The summed E-state index contributed by atoms with van der Waals surface area (Å²) in [5.41, 5.74) is 2.48. The summed E-state index contributed by atoms with van der Waals surface area (Å²) in [5.74, 6) is 0.687. The van der Waals surface area contributed by atoms with Gasteiger partial charge in [0.25, 0.3) is 5.91 Å². The fourth-order valence-corrected chi connectivity index (χ4v) is 3.70. The SMILES string of the molecule is CCC(C)C(=O)Nc1cccc(CNC(=O)c2occc2CSc2ccccc2)c1. The molecule has 1 unspecified atom stereocenters. The third kappa shape index (κ3) is 6.00. The van der Waals surface area contributed by atoms with E-state index in [9.17, 15) is 9.59 Å². The van der Waals surface area contributed by atoms with E-state index in [1.54, 1.807) is 18.0 Å². The van der Waals surface area contributed by atoms with Crippen LogP contribution in [0.5, 0.6) is 0 Å². The van der Waals surface area contributed by atoms with Crippen molar-refractivity contribution in [2.24, 2.45) is 5.92 Å². The summed E-state index contributed by atoms with van der Waals surface area (Å²) >= 11 is 1.66. The maximum absolute atomic E-state index is 12.6. The number of carbonyl (C=O) groups excluding carboxylic acids is 2. The first-order valence-electron chi connectivity index (χ1n) is 9.99. The first kappa shape index (κ1) is 21.7. The van der Waals surface area contributed by atoms with Gasteiger partial charge in [-0.2, -0.15) is 0 Å². The van der Waals surface area contributed by atoms with Crippen LogP contribution in [0.3, 0.4) is 0 Å². The highest BCUT2D eigenvalue weighted by Crippen LogP contribution is 2.25. The lowest BCUT2D eigenvalue weighted by molar-refractivity contribution is -0.119. The standard InChI is InChI=1S/C24H26N2O3S/c1-3-17(2)23(27)26-20-9-7-8-18(14-20)15-25-24(28)22-19(12-13-29-22)16-30-21-10-5-4-6-11-21/h4-14,17H,3,15-16H2,1-2H3,(H,25,28)(H,26,27). The minimum Gasteiger partial charge on any atom is -0.459 e. The molecule has 30 heavy (non-hydrogen) atoms. The Kier molecular flexibility index (Phi) is 7.74. The number of hydrogen-bond donors (Lipinski definition) is 2. The van der Waals surface area contributed by atoms with Crippen LogP contribution in [-0.2, 0) is 17.1 Å². The number of anilines is 1. The fraction of sp³-hybridized carbons (Fsp3) is 0.250. The smallest absolute Gasteiger partial charge is 0.287 e. The zero-order chi connectivity index (χ0) is 21.3. The molecule has 0 aliphatic rings. The highest BCUT2D eigenvalue weighted by molar-refractivity contribution is 7.98. The monoisotopic (exact) mass is 422 g/mol. The fourth-order valence-electron chi connectivity index (χ4n) is 2.80. The second-order valence-electron chi connectivity index (χ2n) is 7.06. The van der Waals surface area contributed by atoms with Crippen molar-refractivity contribution in [3.05, 3.63) is 83.8 Å². The molecule has 0 spiro atoms. The molecule has 1 atom stereocenters. The van der Waals surface area contributed by atoms with E-state index in [1.165, 1.54) is 0 Å². The van der Waals surface area contributed by atoms with E-state index in [4.69, 9.17) is 4.42 Å². The Morgan fingerprint density at radius 2 is 1.87 bits per heavy atom. The number of hydrogen-bond acceptors (Lipinski definition) is 4. The molecule has 0 saturated carbocycles. The summed E-state index contributed by atoms with van der Waals surface area (Å²) in [6.07, 6.45) is 2.33. The predicted octanol–water partition coefficient (Wildman–Crippen LogP) is 5.49. The summed E-state index contributed by atoms with van der Waals surface area (Å²) in [4.78, 5) is 25.8. The van der Waals surface area contributed by atoms with Gasteiger partial charge in [0.2, 0.25) is 5.91 Å². The van der Waals surface area contributed by atoms with Crippen molar-refractivity contribution in [3.8, 4) is 0 Å². The van der Waals surface area contributed by atoms with Crippen LogP contribution in [0.4, 0.5) is 5.69 Å². The van der Waals surface area contributed by atoms with Crippen LogP contribution in [-0.4, -0.2) is 11.8 Å². The third-order valence-corrected chi connectivity index (χ3v) is 5.86. The Balaban J connectivity index is 1.57. The number of thioether (sulfide) groups is 1. The molecule has 0 bridgehead atoms. The van der Waals surface area contributed by atoms with Gasteiger partial charge in [0.1, 0.15) is 0 Å². The quantitative estimate of drug-likeness (QED) is 0.448. The van der Waals surface area contributed by atoms with Gasteiger partial charge in [-0.15, -0.1) is 11.8 Å². The summed E-state index contributed by atoms with van der Waals surface area (Å²) in [6, 6.07) is 19.4. The van der Waals surface area contributed by atoms with Crippen LogP contribution >= 0.6 is 11.8 Å². The van der Waals surface area contributed by atoms with Crippen molar-refractivity contribution in [2.75, 3.05) is 5.32 Å². The molecule has 0 fully saturated rings. The summed E-state index contributed by atoms with van der Waals surface area (Å²) < 4.78 is 5.44. The zero-order valence-electron chi connectivity index (χ0n) is 17.2. The van der Waals surface area contributed by atoms with Crippen molar-refractivity contribution in [1.82, 2.24) is 5.32 Å². The normalized spacial score (nSPS) is 11.7. The molecule has 1 heterocycles. The number of furan rings is 1. The first-order chi connectivity index (χ1) is 14.6. The number of rotatable bonds is 9. The number of benzene rings is 2. The minimum absolute atomic E-state index is 0.00479. The van der Waals surface area contributed by atoms with Gasteiger partial charge in [-0.25, -0.2) is 0 Å². The Hall–Kier alpha value is -2.99. The summed E-state index contributed by atoms with van der Waals surface area (Å²) in [6.45, 7) is 4.23. The van der Waals surface area contributed by atoms with E-state index in [1.807, 2.05) is 74.5 Å². The topological polar surface area (TPSA) is 71.3 Å². The molecule has 3 rings (SSSR count). The molecule has 0 aliphatic carbocycles. The molecular formula is C24H26N2O3S. The molecule has 3 aromatic rings. The largest absolute Gasteiger partial charge is 0.459 e. The van der Waals surface area contributed by atoms with Crippen LogP contribution in [0.15, 0.2) is 76.2 Å². The predicted molar refractivity (Wildman–Crippen MR) is 120 cm³/mol. The van der Waals surface area contributed by atoms with Gasteiger partial charge in [0, 0.05) is 34.4 Å². The lowest BCUT2D eigenvalue weighted by Gasteiger charge is -2.11. The lowest BCUT2D eigenvalue weighted by Crippen LogP contribution is -2.23. The van der Waals surface area contributed by atoms with E-state index in [0.29, 0.717) is 18.1 Å². The second kappa shape index (κ2) is 10.7. The third-order valence-electron chi connectivity index (χ3n) is 4.80. The van der Waals surface area contributed by atoms with Crippen LogP contribution in [0, 0.1) is 5.92 Å². The van der Waals surface area contributed by atoms with E-state index in [0.717, 1.165) is 28.1 Å². The number of amides is 2. The summed E-state index contributed by atoms with van der Waals surface area (Å²) in [5, 5.41) is 5.82. The van der Waals surface area contributed by atoms with Gasteiger partial charge in [-0.1, -0.05) is 44.2 Å². The van der Waals surface area contributed by atoms with E-state index in [-0.39, 0.29) is 17.7 Å². The number of nitrogens with one attached hydrogen (secondary N) is 2. The van der Waals surface area contributed by atoms with Gasteiger partial charge in [0.05, 0.1) is 6.26 Å². The average molecular weight is 423 g/mol. The van der Waals surface area contributed by atoms with E-state index < -0.39 is 0 Å². The highest BCUT2D eigenvalue weighted by Gasteiger charge is 2.16. The average Bonchev–Trinajstić information content (AvgIpc) is 3.25. The molecule has 6 heteroatoms. The molecular weight excluding hydrogens is 396 g/mol. The van der Waals surface area contributed by atoms with Crippen LogP contribution < -0.4 is 10.6 Å². The van der Waals surface area contributed by atoms with E-state index in [2.05, 4.69) is 10.6 Å². The van der Waals surface area contributed by atoms with Crippen molar-refractivity contribution >= 4 is 29.3 Å². The maximum atomic E-state index is 12.6. The van der Waals surface area contributed by atoms with E-state index >= 15 is 0 Å². The second-order valence-corrected chi connectivity index (χ2v) is 8.11. The molecule has 5 nitrogen and oxygen atoms in total. The Morgan fingerprint density at radius 3 is 2.63 bits per heavy atom. The Labute approximate surface area is 181 Å². The zero-order valence-corrected chi connectivity index (χ0v) is 18.0. The van der Waals surface area contributed by atoms with Crippen molar-refractivity contribution in [1.29, 1.82) is 0 Å². The Morgan fingerprint density at radius 1 is 1.07 bits per heavy atom. The van der Waals surface area contributed by atoms with Crippen molar-refractivity contribution in [3.63, 3.8) is 0 Å². The molecule has 156 valence electrons. The summed E-state index contributed by atoms with van der Waals surface area (Å²) in [7, 11) is 0. The number of carbonyl (C=O) groups is 2. The van der Waals surface area contributed by atoms with Crippen LogP contribution in [0.25, 0.3) is 0 Å². The van der Waals surface area contributed by atoms with Crippen molar-refractivity contribution in [2.45, 2.75) is 37.5 Å². The lowest BCUT2D eigenvalue weighted by atomic mass is 10.1. The van der Waals surface area contributed by atoms with Gasteiger partial charge < -0.3 is 15.1 Å². The maximum Gasteiger partial charge on any atom is 0.287 e. The highest BCUT2D eigenvalue weighted by atomic mass is 32.2. The molecule has 0 radical (unpaired) electrons. The molecule has 0 saturated heterocycles. The van der Waals surface area contributed by atoms with Gasteiger partial charge >= 0.3 is 0 Å². The molecule has 2 aromatic carbocycles. The van der Waals surface area contributed by atoms with Crippen LogP contribution in [0.1, 0.15) is 41.9 Å². The minimum atomic E-state index is -0.252. The molecule has 0 aliphatic heterocycles. The molecule has 2 amide bonds. The molecule has 1 aromatic heterocycles.